The van der Waals surface area contributed by atoms with Crippen molar-refractivity contribution in [3.63, 3.8) is 0 Å². The second kappa shape index (κ2) is 8.27. The molecule has 0 aliphatic heterocycles. The Hall–Kier alpha value is -0.430. The first-order chi connectivity index (χ1) is 9.88. The zero-order valence-electron chi connectivity index (χ0n) is 13.2. The van der Waals surface area contributed by atoms with Gasteiger partial charge in [0.1, 0.15) is 0 Å². The van der Waals surface area contributed by atoms with Crippen LogP contribution in [0.25, 0.3) is 0 Å². The van der Waals surface area contributed by atoms with E-state index in [1.54, 1.807) is 10.4 Å². The molecule has 0 heterocycles. The molecule has 0 amide bonds. The summed E-state index contributed by atoms with van der Waals surface area (Å²) in [6.07, 6.45) is 0.810. The summed E-state index contributed by atoms with van der Waals surface area (Å²) in [5.74, 6) is 0. The molecule has 6 heteroatoms. The molecule has 4 nitrogen and oxygen atoms in total. The summed E-state index contributed by atoms with van der Waals surface area (Å²) in [6.45, 7) is 10.3. The number of nitrogens with zero attached hydrogens (tertiary/aromatic N) is 1. The predicted molar refractivity (Wildman–Crippen MR) is 91.0 cm³/mol. The van der Waals surface area contributed by atoms with Crippen molar-refractivity contribution in [2.24, 2.45) is 0 Å². The van der Waals surface area contributed by atoms with E-state index in [4.69, 9.17) is 0 Å². The molecule has 0 atom stereocenters. The molecule has 1 rings (SSSR count). The molecule has 120 valence electrons. The largest absolute Gasteiger partial charge is 0.313 e. The molecule has 0 aliphatic rings. The second-order valence-electron chi connectivity index (χ2n) is 4.98. The average Bonchev–Trinajstić information content (AvgIpc) is 2.45. The molecule has 0 saturated heterocycles. The number of benzene rings is 1. The molecule has 0 aromatic heterocycles. The van der Waals surface area contributed by atoms with Crippen LogP contribution in [-0.4, -0.2) is 32.4 Å². The van der Waals surface area contributed by atoms with Gasteiger partial charge in [-0.1, -0.05) is 36.7 Å². The van der Waals surface area contributed by atoms with Crippen LogP contribution < -0.4 is 5.32 Å². The summed E-state index contributed by atoms with van der Waals surface area (Å²) in [6, 6.07) is 3.77. The lowest BCUT2D eigenvalue weighted by Crippen LogP contribution is -2.32. The van der Waals surface area contributed by atoms with Crippen LogP contribution in [0.15, 0.2) is 21.5 Å². The molecule has 1 N–H and O–H groups in total. The minimum absolute atomic E-state index is 0.403. The van der Waals surface area contributed by atoms with Crippen molar-refractivity contribution < 1.29 is 8.42 Å². The van der Waals surface area contributed by atoms with Gasteiger partial charge in [0.2, 0.25) is 10.0 Å². The minimum atomic E-state index is -3.44. The fourth-order valence-corrected chi connectivity index (χ4v) is 4.66. The van der Waals surface area contributed by atoms with Crippen molar-refractivity contribution in [1.82, 2.24) is 9.62 Å². The maximum absolute atomic E-state index is 12.8. The Morgan fingerprint density at radius 2 is 1.90 bits per heavy atom. The molecule has 0 spiro atoms. The Morgan fingerprint density at radius 3 is 2.43 bits per heavy atom. The van der Waals surface area contributed by atoms with Crippen molar-refractivity contribution in [3.05, 3.63) is 27.7 Å². The molecular weight excluding hydrogens is 352 g/mol. The molecule has 1 aromatic carbocycles. The number of sulfonamides is 1. The van der Waals surface area contributed by atoms with Crippen molar-refractivity contribution in [3.8, 4) is 0 Å². The summed E-state index contributed by atoms with van der Waals surface area (Å²) in [4.78, 5) is 0.403. The summed E-state index contributed by atoms with van der Waals surface area (Å²) < 4.78 is 28.1. The third-order valence-corrected chi connectivity index (χ3v) is 6.30. The van der Waals surface area contributed by atoms with Crippen molar-refractivity contribution >= 4 is 26.0 Å². The van der Waals surface area contributed by atoms with Gasteiger partial charge in [0.25, 0.3) is 0 Å². The Morgan fingerprint density at radius 1 is 1.24 bits per heavy atom. The Bertz CT molecular complexity index is 573. The van der Waals surface area contributed by atoms with Gasteiger partial charge < -0.3 is 5.32 Å². The third kappa shape index (κ3) is 4.52. The number of rotatable bonds is 8. The van der Waals surface area contributed by atoms with Crippen LogP contribution in [0.3, 0.4) is 0 Å². The monoisotopic (exact) mass is 376 g/mol. The molecule has 0 radical (unpaired) electrons. The van der Waals surface area contributed by atoms with Crippen LogP contribution >= 0.6 is 15.9 Å². The SMILES string of the molecule is CCCN(CC)S(=O)(=O)c1cc(CNCC)cc(Br)c1C. The van der Waals surface area contributed by atoms with Crippen LogP contribution in [-0.2, 0) is 16.6 Å². The van der Waals surface area contributed by atoms with Crippen LogP contribution in [0.4, 0.5) is 0 Å². The topological polar surface area (TPSA) is 49.4 Å². The maximum atomic E-state index is 12.8. The highest BCUT2D eigenvalue weighted by Crippen LogP contribution is 2.28. The van der Waals surface area contributed by atoms with E-state index in [0.29, 0.717) is 24.5 Å². The highest BCUT2D eigenvalue weighted by atomic mass is 79.9. The van der Waals surface area contributed by atoms with Gasteiger partial charge in [0.05, 0.1) is 4.90 Å². The molecule has 0 saturated carbocycles. The van der Waals surface area contributed by atoms with Gasteiger partial charge in [-0.25, -0.2) is 8.42 Å². The average molecular weight is 377 g/mol. The van der Waals surface area contributed by atoms with Crippen LogP contribution in [0.2, 0.25) is 0 Å². The van der Waals surface area contributed by atoms with Crippen LogP contribution in [0, 0.1) is 6.92 Å². The molecular formula is C15H25BrN2O2S. The lowest BCUT2D eigenvalue weighted by atomic mass is 10.1. The van der Waals surface area contributed by atoms with Gasteiger partial charge in [-0.2, -0.15) is 4.31 Å². The quantitative estimate of drug-likeness (QED) is 0.756. The van der Waals surface area contributed by atoms with E-state index in [9.17, 15) is 8.42 Å². The summed E-state index contributed by atoms with van der Waals surface area (Å²) in [5, 5.41) is 3.23. The number of nitrogens with one attached hydrogen (secondary N) is 1. The third-order valence-electron chi connectivity index (χ3n) is 3.38. The molecule has 21 heavy (non-hydrogen) atoms. The number of hydrogen-bond donors (Lipinski definition) is 1. The fraction of sp³-hybridized carbons (Fsp3) is 0.600. The normalized spacial score (nSPS) is 12.1. The first kappa shape index (κ1) is 18.6. The Kier molecular flexibility index (Phi) is 7.33. The van der Waals surface area contributed by atoms with Crippen LogP contribution in [0.5, 0.6) is 0 Å². The summed E-state index contributed by atoms with van der Waals surface area (Å²) in [7, 11) is -3.44. The van der Waals surface area contributed by atoms with E-state index in [0.717, 1.165) is 28.6 Å². The summed E-state index contributed by atoms with van der Waals surface area (Å²) >= 11 is 3.48. The first-order valence-corrected chi connectivity index (χ1v) is 9.61. The lowest BCUT2D eigenvalue weighted by molar-refractivity contribution is 0.426. The van der Waals surface area contributed by atoms with Gasteiger partial charge in [-0.3, -0.25) is 0 Å². The van der Waals surface area contributed by atoms with E-state index < -0.39 is 10.0 Å². The fourth-order valence-electron chi connectivity index (χ4n) is 2.18. The van der Waals surface area contributed by atoms with Crippen molar-refractivity contribution in [2.45, 2.75) is 45.6 Å². The molecule has 0 bridgehead atoms. The predicted octanol–water partition coefficient (Wildman–Crippen LogP) is 3.29. The van der Waals surface area contributed by atoms with Crippen LogP contribution in [0.1, 0.15) is 38.3 Å². The van der Waals surface area contributed by atoms with E-state index >= 15 is 0 Å². The van der Waals surface area contributed by atoms with E-state index in [1.165, 1.54) is 0 Å². The van der Waals surface area contributed by atoms with Gasteiger partial charge in [0.15, 0.2) is 0 Å². The molecule has 0 unspecified atom stereocenters. The zero-order chi connectivity index (χ0) is 16.0. The number of halogens is 1. The minimum Gasteiger partial charge on any atom is -0.313 e. The Balaban J connectivity index is 3.29. The Labute approximate surface area is 137 Å². The first-order valence-electron chi connectivity index (χ1n) is 7.38. The molecule has 0 aliphatic carbocycles. The van der Waals surface area contributed by atoms with Gasteiger partial charge in [-0.15, -0.1) is 0 Å². The highest BCUT2D eigenvalue weighted by Gasteiger charge is 2.25. The standard InChI is InChI=1S/C15H25BrN2O2S/c1-5-8-18(7-3)21(19,20)15-10-13(11-17-6-2)9-14(16)12(15)4/h9-10,17H,5-8,11H2,1-4H3. The van der Waals surface area contributed by atoms with Gasteiger partial charge in [-0.05, 0) is 43.1 Å². The second-order valence-corrected chi connectivity index (χ2v) is 7.74. The number of hydrogen-bond acceptors (Lipinski definition) is 3. The van der Waals surface area contributed by atoms with Gasteiger partial charge in [0, 0.05) is 24.1 Å². The molecule has 0 fully saturated rings. The maximum Gasteiger partial charge on any atom is 0.243 e. The lowest BCUT2D eigenvalue weighted by Gasteiger charge is -2.22. The van der Waals surface area contributed by atoms with Gasteiger partial charge >= 0.3 is 0 Å². The zero-order valence-corrected chi connectivity index (χ0v) is 15.6. The van der Waals surface area contributed by atoms with E-state index in [2.05, 4.69) is 21.2 Å². The van der Waals surface area contributed by atoms with E-state index in [-0.39, 0.29) is 0 Å². The molecule has 1 aromatic rings. The summed E-state index contributed by atoms with van der Waals surface area (Å²) in [5.41, 5.74) is 1.74. The van der Waals surface area contributed by atoms with Crippen molar-refractivity contribution in [1.29, 1.82) is 0 Å². The highest BCUT2D eigenvalue weighted by molar-refractivity contribution is 9.10. The van der Waals surface area contributed by atoms with Crippen molar-refractivity contribution in [2.75, 3.05) is 19.6 Å². The van der Waals surface area contributed by atoms with E-state index in [1.807, 2.05) is 33.8 Å². The smallest absolute Gasteiger partial charge is 0.243 e.